The van der Waals surface area contributed by atoms with Gasteiger partial charge in [-0.05, 0) is 25.0 Å². The molecule has 1 atom stereocenters. The van der Waals surface area contributed by atoms with E-state index in [2.05, 4.69) is 22.0 Å². The molecule has 2 heterocycles. The van der Waals surface area contributed by atoms with Crippen molar-refractivity contribution >= 4 is 5.69 Å². The van der Waals surface area contributed by atoms with Crippen molar-refractivity contribution in [3.05, 3.63) is 24.5 Å². The molecule has 0 saturated carbocycles. The lowest BCUT2D eigenvalue weighted by Crippen LogP contribution is -2.40. The zero-order chi connectivity index (χ0) is 10.5. The SMILES string of the molecule is NCC1CCCCCN1c1ccncc1. The summed E-state index contributed by atoms with van der Waals surface area (Å²) in [5.74, 6) is 0. The maximum atomic E-state index is 5.84. The lowest BCUT2D eigenvalue weighted by Gasteiger charge is -2.31. The van der Waals surface area contributed by atoms with Gasteiger partial charge in [0, 0.05) is 37.2 Å². The smallest absolute Gasteiger partial charge is 0.0412 e. The molecule has 1 aromatic rings. The van der Waals surface area contributed by atoms with Crippen LogP contribution in [-0.4, -0.2) is 24.1 Å². The molecular weight excluding hydrogens is 186 g/mol. The van der Waals surface area contributed by atoms with Gasteiger partial charge in [0.25, 0.3) is 0 Å². The molecular formula is C12H19N3. The first-order chi connectivity index (χ1) is 7.42. The molecule has 0 spiro atoms. The first kappa shape index (κ1) is 10.4. The fourth-order valence-electron chi connectivity index (χ4n) is 2.30. The average Bonchev–Trinajstić information content (AvgIpc) is 2.55. The van der Waals surface area contributed by atoms with Gasteiger partial charge >= 0.3 is 0 Å². The monoisotopic (exact) mass is 205 g/mol. The van der Waals surface area contributed by atoms with Gasteiger partial charge in [0.05, 0.1) is 0 Å². The van der Waals surface area contributed by atoms with Crippen molar-refractivity contribution in [2.75, 3.05) is 18.0 Å². The van der Waals surface area contributed by atoms with Crippen LogP contribution in [-0.2, 0) is 0 Å². The summed E-state index contributed by atoms with van der Waals surface area (Å²) in [6, 6.07) is 4.66. The minimum Gasteiger partial charge on any atom is -0.367 e. The van der Waals surface area contributed by atoms with E-state index in [4.69, 9.17) is 5.73 Å². The highest BCUT2D eigenvalue weighted by Crippen LogP contribution is 2.22. The molecule has 15 heavy (non-hydrogen) atoms. The maximum Gasteiger partial charge on any atom is 0.0412 e. The van der Waals surface area contributed by atoms with Crippen molar-refractivity contribution < 1.29 is 0 Å². The van der Waals surface area contributed by atoms with E-state index >= 15 is 0 Å². The zero-order valence-electron chi connectivity index (χ0n) is 9.10. The number of anilines is 1. The van der Waals surface area contributed by atoms with E-state index in [1.807, 2.05) is 12.4 Å². The summed E-state index contributed by atoms with van der Waals surface area (Å²) in [6.07, 6.45) is 8.85. The molecule has 3 nitrogen and oxygen atoms in total. The fraction of sp³-hybridized carbons (Fsp3) is 0.583. The highest BCUT2D eigenvalue weighted by molar-refractivity contribution is 5.46. The Morgan fingerprint density at radius 1 is 1.27 bits per heavy atom. The second-order valence-electron chi connectivity index (χ2n) is 4.14. The summed E-state index contributed by atoms with van der Waals surface area (Å²) >= 11 is 0. The quantitative estimate of drug-likeness (QED) is 0.800. The average molecular weight is 205 g/mol. The second kappa shape index (κ2) is 5.12. The lowest BCUT2D eigenvalue weighted by atomic mass is 10.1. The van der Waals surface area contributed by atoms with Crippen molar-refractivity contribution in [2.45, 2.75) is 31.7 Å². The number of aromatic nitrogens is 1. The van der Waals surface area contributed by atoms with Crippen LogP contribution in [0.15, 0.2) is 24.5 Å². The maximum absolute atomic E-state index is 5.84. The zero-order valence-corrected chi connectivity index (χ0v) is 9.10. The van der Waals surface area contributed by atoms with Gasteiger partial charge in [0.1, 0.15) is 0 Å². The summed E-state index contributed by atoms with van der Waals surface area (Å²) < 4.78 is 0. The predicted octanol–water partition coefficient (Wildman–Crippen LogP) is 1.79. The van der Waals surface area contributed by atoms with Gasteiger partial charge in [0.2, 0.25) is 0 Å². The molecule has 0 amide bonds. The fourth-order valence-corrected chi connectivity index (χ4v) is 2.30. The summed E-state index contributed by atoms with van der Waals surface area (Å²) in [6.45, 7) is 1.88. The standard InChI is InChI=1S/C12H19N3/c13-10-12-4-2-1-3-9-15(12)11-5-7-14-8-6-11/h5-8,12H,1-4,9-10,13H2. The van der Waals surface area contributed by atoms with Crippen LogP contribution >= 0.6 is 0 Å². The molecule has 1 fully saturated rings. The Hall–Kier alpha value is -1.09. The number of pyridine rings is 1. The lowest BCUT2D eigenvalue weighted by molar-refractivity contribution is 0.580. The van der Waals surface area contributed by atoms with E-state index < -0.39 is 0 Å². The molecule has 1 aliphatic rings. The van der Waals surface area contributed by atoms with E-state index in [0.29, 0.717) is 6.04 Å². The van der Waals surface area contributed by atoms with Gasteiger partial charge in [-0.3, -0.25) is 4.98 Å². The number of nitrogens with zero attached hydrogens (tertiary/aromatic N) is 2. The van der Waals surface area contributed by atoms with Crippen LogP contribution in [0.1, 0.15) is 25.7 Å². The molecule has 1 aliphatic heterocycles. The Morgan fingerprint density at radius 2 is 2.07 bits per heavy atom. The molecule has 2 N–H and O–H groups in total. The summed E-state index contributed by atoms with van der Waals surface area (Å²) in [5, 5.41) is 0. The van der Waals surface area contributed by atoms with E-state index in [0.717, 1.165) is 13.1 Å². The molecule has 2 rings (SSSR count). The van der Waals surface area contributed by atoms with E-state index in [1.54, 1.807) is 0 Å². The van der Waals surface area contributed by atoms with Gasteiger partial charge in [-0.25, -0.2) is 0 Å². The van der Waals surface area contributed by atoms with Crippen LogP contribution in [0.5, 0.6) is 0 Å². The van der Waals surface area contributed by atoms with Crippen LogP contribution in [0.2, 0.25) is 0 Å². The Balaban J connectivity index is 2.16. The topological polar surface area (TPSA) is 42.1 Å². The first-order valence-corrected chi connectivity index (χ1v) is 5.78. The minimum absolute atomic E-state index is 0.509. The number of nitrogens with two attached hydrogens (primary N) is 1. The molecule has 3 heteroatoms. The summed E-state index contributed by atoms with van der Waals surface area (Å²) in [4.78, 5) is 6.50. The molecule has 0 bridgehead atoms. The van der Waals surface area contributed by atoms with Gasteiger partial charge < -0.3 is 10.6 Å². The normalized spacial score (nSPS) is 22.5. The van der Waals surface area contributed by atoms with Crippen LogP contribution < -0.4 is 10.6 Å². The third-order valence-electron chi connectivity index (χ3n) is 3.14. The Kier molecular flexibility index (Phi) is 3.56. The molecule has 0 radical (unpaired) electrons. The van der Waals surface area contributed by atoms with Gasteiger partial charge in [0.15, 0.2) is 0 Å². The molecule has 1 unspecified atom stereocenters. The van der Waals surface area contributed by atoms with Crippen molar-refractivity contribution in [1.82, 2.24) is 4.98 Å². The molecule has 0 aromatic carbocycles. The molecule has 1 saturated heterocycles. The summed E-state index contributed by atoms with van der Waals surface area (Å²) in [5.41, 5.74) is 7.11. The van der Waals surface area contributed by atoms with Crippen LogP contribution in [0.4, 0.5) is 5.69 Å². The van der Waals surface area contributed by atoms with Gasteiger partial charge in [-0.1, -0.05) is 12.8 Å². The van der Waals surface area contributed by atoms with Crippen LogP contribution in [0.25, 0.3) is 0 Å². The molecule has 82 valence electrons. The minimum atomic E-state index is 0.509. The van der Waals surface area contributed by atoms with Crippen molar-refractivity contribution in [1.29, 1.82) is 0 Å². The van der Waals surface area contributed by atoms with Crippen molar-refractivity contribution in [2.24, 2.45) is 5.73 Å². The van der Waals surface area contributed by atoms with Gasteiger partial charge in [-0.2, -0.15) is 0 Å². The van der Waals surface area contributed by atoms with Crippen molar-refractivity contribution in [3.8, 4) is 0 Å². The number of hydrogen-bond donors (Lipinski definition) is 1. The third-order valence-corrected chi connectivity index (χ3v) is 3.14. The van der Waals surface area contributed by atoms with Crippen molar-refractivity contribution in [3.63, 3.8) is 0 Å². The highest BCUT2D eigenvalue weighted by atomic mass is 15.2. The van der Waals surface area contributed by atoms with E-state index in [1.165, 1.54) is 31.4 Å². The van der Waals surface area contributed by atoms with Crippen LogP contribution in [0.3, 0.4) is 0 Å². The molecule has 0 aliphatic carbocycles. The Morgan fingerprint density at radius 3 is 2.80 bits per heavy atom. The first-order valence-electron chi connectivity index (χ1n) is 5.78. The summed E-state index contributed by atoms with van der Waals surface area (Å²) in [7, 11) is 0. The Labute approximate surface area is 91.3 Å². The second-order valence-corrected chi connectivity index (χ2v) is 4.14. The largest absolute Gasteiger partial charge is 0.367 e. The van der Waals surface area contributed by atoms with Crippen LogP contribution in [0, 0.1) is 0 Å². The molecule has 1 aromatic heterocycles. The highest BCUT2D eigenvalue weighted by Gasteiger charge is 2.19. The van der Waals surface area contributed by atoms with E-state index in [9.17, 15) is 0 Å². The Bertz CT molecular complexity index is 286. The number of hydrogen-bond acceptors (Lipinski definition) is 3. The predicted molar refractivity (Wildman–Crippen MR) is 62.9 cm³/mol. The number of rotatable bonds is 2. The van der Waals surface area contributed by atoms with Gasteiger partial charge in [-0.15, -0.1) is 0 Å². The van der Waals surface area contributed by atoms with E-state index in [-0.39, 0.29) is 0 Å². The third kappa shape index (κ3) is 2.48.